The second kappa shape index (κ2) is 8.26. The molecule has 0 fully saturated rings. The van der Waals surface area contributed by atoms with Crippen molar-refractivity contribution in [3.8, 4) is 5.75 Å². The topological polar surface area (TPSA) is 102 Å². The van der Waals surface area contributed by atoms with Crippen molar-refractivity contribution in [3.63, 3.8) is 0 Å². The first-order valence-corrected chi connectivity index (χ1v) is 7.61. The molecule has 0 aliphatic heterocycles. The highest BCUT2D eigenvalue weighted by Gasteiger charge is 2.13. The molecule has 1 aromatic carbocycles. The zero-order chi connectivity index (χ0) is 17.5. The van der Waals surface area contributed by atoms with E-state index in [1.54, 1.807) is 31.2 Å². The molecule has 128 valence electrons. The fourth-order valence-electron chi connectivity index (χ4n) is 1.93. The van der Waals surface area contributed by atoms with Crippen molar-refractivity contribution in [2.45, 2.75) is 33.0 Å². The minimum Gasteiger partial charge on any atom is -0.486 e. The number of carbonyl (C=O) groups is 2. The molecule has 1 heterocycles. The fourth-order valence-corrected chi connectivity index (χ4v) is 1.93. The fraction of sp³-hybridized carbons (Fsp3) is 0.353. The highest BCUT2D eigenvalue weighted by Crippen LogP contribution is 2.16. The van der Waals surface area contributed by atoms with Crippen LogP contribution in [0.2, 0.25) is 0 Å². The van der Waals surface area contributed by atoms with Crippen LogP contribution >= 0.6 is 0 Å². The van der Waals surface area contributed by atoms with Crippen LogP contribution < -0.4 is 10.1 Å². The van der Waals surface area contributed by atoms with E-state index in [9.17, 15) is 9.59 Å². The Kier molecular flexibility index (Phi) is 6.08. The molecule has 24 heavy (non-hydrogen) atoms. The van der Waals surface area contributed by atoms with Crippen molar-refractivity contribution in [1.29, 1.82) is 0 Å². The van der Waals surface area contributed by atoms with Gasteiger partial charge in [0.1, 0.15) is 12.4 Å². The summed E-state index contributed by atoms with van der Waals surface area (Å²) in [4.78, 5) is 23.2. The molecule has 7 heteroatoms. The number of ether oxygens (including phenoxy) is 1. The normalized spacial score (nSPS) is 11.8. The van der Waals surface area contributed by atoms with E-state index in [2.05, 4.69) is 10.5 Å². The van der Waals surface area contributed by atoms with E-state index < -0.39 is 6.10 Å². The number of Topliss-reactive ketones (excluding diaryl/α,β-unsaturated/α-hetero) is 1. The summed E-state index contributed by atoms with van der Waals surface area (Å²) in [6, 6.07) is 8.30. The molecule has 0 aliphatic rings. The van der Waals surface area contributed by atoms with Gasteiger partial charge in [-0.05, 0) is 32.4 Å². The minimum absolute atomic E-state index is 0.0451. The predicted molar refractivity (Wildman–Crippen MR) is 85.9 cm³/mol. The first-order chi connectivity index (χ1) is 11.5. The molecule has 2 aromatic rings. The number of benzene rings is 1. The van der Waals surface area contributed by atoms with Gasteiger partial charge in [-0.3, -0.25) is 9.59 Å². The van der Waals surface area contributed by atoms with Gasteiger partial charge in [0.2, 0.25) is 0 Å². The highest BCUT2D eigenvalue weighted by atomic mass is 16.5. The lowest BCUT2D eigenvalue weighted by molar-refractivity contribution is 0.0935. The average Bonchev–Trinajstić information content (AvgIpc) is 3.02. The Balaban J connectivity index is 1.88. The first-order valence-electron chi connectivity index (χ1n) is 7.61. The third kappa shape index (κ3) is 5.20. The Morgan fingerprint density at radius 2 is 2.17 bits per heavy atom. The van der Waals surface area contributed by atoms with Crippen LogP contribution in [-0.4, -0.2) is 34.6 Å². The summed E-state index contributed by atoms with van der Waals surface area (Å²) in [5.41, 5.74) is 0.708. The highest BCUT2D eigenvalue weighted by molar-refractivity contribution is 5.94. The molecule has 0 saturated carbocycles. The molecule has 2 N–H and O–H groups in total. The molecule has 0 radical (unpaired) electrons. The van der Waals surface area contributed by atoms with E-state index in [0.717, 1.165) is 0 Å². The number of amides is 1. The van der Waals surface area contributed by atoms with Gasteiger partial charge in [-0.2, -0.15) is 0 Å². The third-order valence-electron chi connectivity index (χ3n) is 3.26. The van der Waals surface area contributed by atoms with Gasteiger partial charge < -0.3 is 19.7 Å². The molecule has 1 atom stereocenters. The second-order valence-electron chi connectivity index (χ2n) is 5.44. The van der Waals surface area contributed by atoms with Crippen LogP contribution in [0.1, 0.15) is 46.9 Å². The van der Waals surface area contributed by atoms with Crippen LogP contribution in [0, 0.1) is 0 Å². The Morgan fingerprint density at radius 1 is 1.38 bits per heavy atom. The number of aromatic nitrogens is 1. The monoisotopic (exact) mass is 332 g/mol. The molecule has 0 unspecified atom stereocenters. The van der Waals surface area contributed by atoms with Crippen LogP contribution in [0.3, 0.4) is 0 Å². The summed E-state index contributed by atoms with van der Waals surface area (Å²) in [6.45, 7) is 3.58. The molecule has 1 aromatic heterocycles. The Morgan fingerprint density at radius 3 is 2.88 bits per heavy atom. The number of nitrogens with one attached hydrogen (secondary N) is 1. The molecule has 1 amide bonds. The van der Waals surface area contributed by atoms with Gasteiger partial charge >= 0.3 is 0 Å². The Labute approximate surface area is 139 Å². The number of aliphatic hydroxyl groups is 1. The first kappa shape index (κ1) is 17.7. The van der Waals surface area contributed by atoms with E-state index in [0.29, 0.717) is 30.0 Å². The summed E-state index contributed by atoms with van der Waals surface area (Å²) in [5, 5.41) is 15.5. The van der Waals surface area contributed by atoms with Gasteiger partial charge in [0, 0.05) is 18.2 Å². The predicted octanol–water partition coefficient (Wildman–Crippen LogP) is 1.96. The maximum atomic E-state index is 11.8. The maximum absolute atomic E-state index is 11.8. The average molecular weight is 332 g/mol. The van der Waals surface area contributed by atoms with Crippen molar-refractivity contribution in [2.75, 3.05) is 6.54 Å². The standard InChI is InChI=1S/C17H20N2O5/c1-11(20)6-7-18-17(22)16-9-15(24-19-16)10-23-14-5-3-4-13(8-14)12(2)21/h3-5,8-9,11,20H,6-7,10H2,1-2H3,(H,18,22)/t11-/m1/s1. The zero-order valence-electron chi connectivity index (χ0n) is 13.6. The summed E-state index contributed by atoms with van der Waals surface area (Å²) in [6.07, 6.45) is -0.0104. The quantitative estimate of drug-likeness (QED) is 0.717. The van der Waals surface area contributed by atoms with E-state index in [1.165, 1.54) is 13.0 Å². The molecule has 0 aliphatic carbocycles. The number of rotatable bonds is 8. The molecule has 2 rings (SSSR count). The summed E-state index contributed by atoms with van der Waals surface area (Å²) in [5.74, 6) is 0.506. The number of nitrogens with zero attached hydrogens (tertiary/aromatic N) is 1. The zero-order valence-corrected chi connectivity index (χ0v) is 13.6. The number of carbonyl (C=O) groups excluding carboxylic acids is 2. The van der Waals surface area contributed by atoms with Gasteiger partial charge in [-0.1, -0.05) is 17.3 Å². The molecular formula is C17H20N2O5. The number of hydrogen-bond donors (Lipinski definition) is 2. The van der Waals surface area contributed by atoms with Crippen molar-refractivity contribution in [1.82, 2.24) is 10.5 Å². The van der Waals surface area contributed by atoms with E-state index in [-0.39, 0.29) is 24.0 Å². The van der Waals surface area contributed by atoms with Gasteiger partial charge in [0.15, 0.2) is 17.2 Å². The lowest BCUT2D eigenvalue weighted by Crippen LogP contribution is -2.26. The molecule has 0 spiro atoms. The Bertz CT molecular complexity index is 709. The van der Waals surface area contributed by atoms with Crippen molar-refractivity contribution in [2.24, 2.45) is 0 Å². The molecule has 0 saturated heterocycles. The van der Waals surface area contributed by atoms with E-state index >= 15 is 0 Å². The lowest BCUT2D eigenvalue weighted by Gasteiger charge is -2.04. The Hall–Kier alpha value is -2.67. The van der Waals surface area contributed by atoms with Gasteiger partial charge in [-0.15, -0.1) is 0 Å². The van der Waals surface area contributed by atoms with Crippen molar-refractivity contribution >= 4 is 11.7 Å². The third-order valence-corrected chi connectivity index (χ3v) is 3.26. The summed E-state index contributed by atoms with van der Waals surface area (Å²) in [7, 11) is 0. The lowest BCUT2D eigenvalue weighted by atomic mass is 10.1. The SMILES string of the molecule is CC(=O)c1cccc(OCc2cc(C(=O)NCC[C@@H](C)O)no2)c1. The number of aliphatic hydroxyl groups excluding tert-OH is 1. The van der Waals surface area contributed by atoms with E-state index in [4.69, 9.17) is 14.4 Å². The van der Waals surface area contributed by atoms with Gasteiger partial charge in [0.25, 0.3) is 5.91 Å². The maximum Gasteiger partial charge on any atom is 0.273 e. The smallest absolute Gasteiger partial charge is 0.273 e. The number of hydrogen-bond acceptors (Lipinski definition) is 6. The largest absolute Gasteiger partial charge is 0.486 e. The van der Waals surface area contributed by atoms with Gasteiger partial charge in [-0.25, -0.2) is 0 Å². The van der Waals surface area contributed by atoms with Gasteiger partial charge in [0.05, 0.1) is 6.10 Å². The van der Waals surface area contributed by atoms with Crippen molar-refractivity contribution in [3.05, 3.63) is 47.3 Å². The van der Waals surface area contributed by atoms with Crippen LogP contribution in [0.4, 0.5) is 0 Å². The minimum atomic E-state index is -0.475. The van der Waals surface area contributed by atoms with Crippen LogP contribution in [0.25, 0.3) is 0 Å². The second-order valence-corrected chi connectivity index (χ2v) is 5.44. The summed E-state index contributed by atoms with van der Waals surface area (Å²) < 4.78 is 10.6. The van der Waals surface area contributed by atoms with Crippen LogP contribution in [0.5, 0.6) is 5.75 Å². The van der Waals surface area contributed by atoms with Crippen molar-refractivity contribution < 1.29 is 24.0 Å². The summed E-state index contributed by atoms with van der Waals surface area (Å²) >= 11 is 0. The molecule has 0 bridgehead atoms. The van der Waals surface area contributed by atoms with E-state index in [1.807, 2.05) is 0 Å². The molecular weight excluding hydrogens is 312 g/mol. The molecule has 7 nitrogen and oxygen atoms in total. The number of ketones is 1. The van der Waals surface area contributed by atoms with Crippen LogP contribution in [-0.2, 0) is 6.61 Å². The van der Waals surface area contributed by atoms with Crippen LogP contribution in [0.15, 0.2) is 34.9 Å².